The fourth-order valence-electron chi connectivity index (χ4n) is 2.87. The first kappa shape index (κ1) is 16.5. The van der Waals surface area contributed by atoms with Crippen LogP contribution in [0.5, 0.6) is 0 Å². The van der Waals surface area contributed by atoms with Crippen LogP contribution < -0.4 is 10.6 Å². The number of carbonyl (C=O) groups is 2. The molecule has 0 spiro atoms. The minimum atomic E-state index is -0.394. The van der Waals surface area contributed by atoms with Crippen LogP contribution in [0.25, 0.3) is 0 Å². The smallest absolute Gasteiger partial charge is 0.322 e. The third-order valence-electron chi connectivity index (χ3n) is 4.07. The first-order valence-electron chi connectivity index (χ1n) is 8.09. The summed E-state index contributed by atoms with van der Waals surface area (Å²) in [6.45, 7) is 3.17. The Bertz CT molecular complexity index is 714. The third-order valence-corrected chi connectivity index (χ3v) is 5.07. The average Bonchev–Trinajstić information content (AvgIpc) is 3.22. The molecular formula is C18H21N3O2S. The summed E-state index contributed by atoms with van der Waals surface area (Å²) in [5, 5.41) is 5.81. The molecule has 126 valence electrons. The number of hydrogen-bond acceptors (Lipinski definition) is 3. The van der Waals surface area contributed by atoms with Crippen LogP contribution in [-0.4, -0.2) is 29.4 Å². The maximum atomic E-state index is 12.5. The lowest BCUT2D eigenvalue weighted by molar-refractivity contribution is -0.124. The molecule has 1 aromatic carbocycles. The molecule has 1 saturated heterocycles. The van der Waals surface area contributed by atoms with E-state index < -0.39 is 6.04 Å². The number of anilines is 1. The fraction of sp³-hybridized carbons (Fsp3) is 0.333. The molecule has 2 N–H and O–H groups in total. The number of amides is 3. The van der Waals surface area contributed by atoms with Crippen LogP contribution in [0.1, 0.15) is 22.6 Å². The molecule has 5 nitrogen and oxygen atoms in total. The lowest BCUT2D eigenvalue weighted by atomic mass is 10.2. The zero-order valence-corrected chi connectivity index (χ0v) is 14.4. The first-order valence-corrected chi connectivity index (χ1v) is 8.91. The van der Waals surface area contributed by atoms with E-state index >= 15 is 0 Å². The number of nitrogens with zero attached hydrogens (tertiary/aromatic N) is 1. The van der Waals surface area contributed by atoms with Crippen molar-refractivity contribution >= 4 is 29.0 Å². The van der Waals surface area contributed by atoms with Crippen LogP contribution in [0.15, 0.2) is 42.5 Å². The van der Waals surface area contributed by atoms with Crippen LogP contribution in [0.3, 0.4) is 0 Å². The number of benzene rings is 1. The van der Waals surface area contributed by atoms with Gasteiger partial charge < -0.3 is 15.5 Å². The number of para-hydroxylation sites is 1. The highest BCUT2D eigenvalue weighted by Crippen LogP contribution is 2.20. The van der Waals surface area contributed by atoms with Gasteiger partial charge in [0.15, 0.2) is 0 Å². The predicted octanol–water partition coefficient (Wildman–Crippen LogP) is 3.37. The number of aryl methyl sites for hydroxylation is 1. The number of hydrogen-bond donors (Lipinski definition) is 2. The second-order valence-electron chi connectivity index (χ2n) is 5.88. The van der Waals surface area contributed by atoms with Gasteiger partial charge in [-0.05, 0) is 44.0 Å². The highest BCUT2D eigenvalue weighted by Gasteiger charge is 2.34. The zero-order chi connectivity index (χ0) is 16.9. The van der Waals surface area contributed by atoms with Crippen molar-refractivity contribution in [1.29, 1.82) is 0 Å². The summed E-state index contributed by atoms with van der Waals surface area (Å²) in [6.07, 6.45) is 1.55. The molecule has 1 fully saturated rings. The Morgan fingerprint density at radius 1 is 1.21 bits per heavy atom. The zero-order valence-electron chi connectivity index (χ0n) is 13.6. The quantitative estimate of drug-likeness (QED) is 0.894. The molecule has 1 atom stereocenters. The maximum absolute atomic E-state index is 12.5. The highest BCUT2D eigenvalue weighted by molar-refractivity contribution is 7.11. The van der Waals surface area contributed by atoms with Gasteiger partial charge in [-0.25, -0.2) is 4.79 Å². The number of thiophene rings is 1. The molecule has 0 bridgehead atoms. The van der Waals surface area contributed by atoms with Gasteiger partial charge in [-0.15, -0.1) is 11.3 Å². The minimum absolute atomic E-state index is 0.0817. The number of rotatable bonds is 4. The Labute approximate surface area is 145 Å². The van der Waals surface area contributed by atoms with Crippen molar-refractivity contribution in [3.63, 3.8) is 0 Å². The van der Waals surface area contributed by atoms with Crippen LogP contribution >= 0.6 is 11.3 Å². The number of nitrogens with one attached hydrogen (secondary N) is 2. The van der Waals surface area contributed by atoms with Gasteiger partial charge >= 0.3 is 6.03 Å². The first-order chi connectivity index (χ1) is 11.6. The van der Waals surface area contributed by atoms with E-state index in [4.69, 9.17) is 0 Å². The van der Waals surface area contributed by atoms with Crippen molar-refractivity contribution < 1.29 is 9.59 Å². The van der Waals surface area contributed by atoms with E-state index in [2.05, 4.69) is 10.6 Å². The molecule has 24 heavy (non-hydrogen) atoms. The van der Waals surface area contributed by atoms with Gasteiger partial charge in [0, 0.05) is 22.0 Å². The maximum Gasteiger partial charge on any atom is 0.322 e. The normalized spacial score (nSPS) is 16.9. The monoisotopic (exact) mass is 343 g/mol. The molecule has 3 rings (SSSR count). The van der Waals surface area contributed by atoms with Crippen molar-refractivity contribution in [3.8, 4) is 0 Å². The van der Waals surface area contributed by atoms with E-state index in [1.54, 1.807) is 16.2 Å². The largest absolute Gasteiger partial charge is 0.349 e. The van der Waals surface area contributed by atoms with Crippen molar-refractivity contribution in [3.05, 3.63) is 52.2 Å². The molecule has 3 amide bonds. The van der Waals surface area contributed by atoms with Crippen LogP contribution in [0.4, 0.5) is 10.5 Å². The number of urea groups is 1. The SMILES string of the molecule is Cc1ccc(CNC(=O)[C@@H]2CCCN2C(=O)Nc2ccccc2)s1. The van der Waals surface area contributed by atoms with E-state index in [1.807, 2.05) is 49.4 Å². The lowest BCUT2D eigenvalue weighted by Gasteiger charge is -2.24. The summed E-state index contributed by atoms with van der Waals surface area (Å²) in [6, 6.07) is 12.8. The fourth-order valence-corrected chi connectivity index (χ4v) is 3.70. The van der Waals surface area contributed by atoms with Gasteiger partial charge in [-0.3, -0.25) is 4.79 Å². The second-order valence-corrected chi connectivity index (χ2v) is 7.25. The Balaban J connectivity index is 1.57. The molecule has 0 radical (unpaired) electrons. The van der Waals surface area contributed by atoms with Crippen molar-refractivity contribution in [1.82, 2.24) is 10.2 Å². The van der Waals surface area contributed by atoms with E-state index in [-0.39, 0.29) is 11.9 Å². The molecule has 1 aliphatic heterocycles. The number of carbonyl (C=O) groups excluding carboxylic acids is 2. The molecule has 0 aliphatic carbocycles. The highest BCUT2D eigenvalue weighted by atomic mass is 32.1. The average molecular weight is 343 g/mol. The Kier molecular flexibility index (Phi) is 5.15. The summed E-state index contributed by atoms with van der Waals surface area (Å²) < 4.78 is 0. The molecule has 0 unspecified atom stereocenters. The van der Waals surface area contributed by atoms with Crippen molar-refractivity contribution in [2.45, 2.75) is 32.4 Å². The summed E-state index contributed by atoms with van der Waals surface area (Å²) in [7, 11) is 0. The van der Waals surface area contributed by atoms with E-state index in [1.165, 1.54) is 4.88 Å². The third kappa shape index (κ3) is 3.94. The molecule has 1 aliphatic rings. The van der Waals surface area contributed by atoms with Crippen LogP contribution in [-0.2, 0) is 11.3 Å². The van der Waals surface area contributed by atoms with Gasteiger partial charge in [-0.1, -0.05) is 18.2 Å². The molecule has 2 heterocycles. The molecular weight excluding hydrogens is 322 g/mol. The standard InChI is InChI=1S/C18H21N3O2S/c1-13-9-10-15(24-13)12-19-17(22)16-8-5-11-21(16)18(23)20-14-6-3-2-4-7-14/h2-4,6-7,9-10,16H,5,8,11-12H2,1H3,(H,19,22)(H,20,23)/t16-/m0/s1. The minimum Gasteiger partial charge on any atom is -0.349 e. The van der Waals surface area contributed by atoms with Gasteiger partial charge in [0.1, 0.15) is 6.04 Å². The molecule has 2 aromatic rings. The van der Waals surface area contributed by atoms with E-state index in [9.17, 15) is 9.59 Å². The summed E-state index contributed by atoms with van der Waals surface area (Å²) in [4.78, 5) is 28.9. The predicted molar refractivity (Wildman–Crippen MR) is 96.1 cm³/mol. The Morgan fingerprint density at radius 2 is 2.00 bits per heavy atom. The second kappa shape index (κ2) is 7.49. The van der Waals surface area contributed by atoms with Gasteiger partial charge in [0.05, 0.1) is 6.54 Å². The topological polar surface area (TPSA) is 61.4 Å². The Hall–Kier alpha value is -2.34. The molecule has 0 saturated carbocycles. The summed E-state index contributed by atoms with van der Waals surface area (Å²) in [5.41, 5.74) is 0.739. The molecule has 6 heteroatoms. The van der Waals surface area contributed by atoms with E-state index in [0.717, 1.165) is 17.0 Å². The number of likely N-dealkylation sites (tertiary alicyclic amines) is 1. The van der Waals surface area contributed by atoms with Crippen LogP contribution in [0.2, 0.25) is 0 Å². The lowest BCUT2D eigenvalue weighted by Crippen LogP contribution is -2.47. The van der Waals surface area contributed by atoms with Gasteiger partial charge in [0.25, 0.3) is 0 Å². The van der Waals surface area contributed by atoms with Crippen molar-refractivity contribution in [2.75, 3.05) is 11.9 Å². The van der Waals surface area contributed by atoms with Crippen LogP contribution in [0, 0.1) is 6.92 Å². The van der Waals surface area contributed by atoms with Crippen molar-refractivity contribution in [2.24, 2.45) is 0 Å². The summed E-state index contributed by atoms with van der Waals surface area (Å²) in [5.74, 6) is -0.0817. The Morgan fingerprint density at radius 3 is 2.71 bits per heavy atom. The molecule has 1 aromatic heterocycles. The summed E-state index contributed by atoms with van der Waals surface area (Å²) >= 11 is 1.67. The van der Waals surface area contributed by atoms with Gasteiger partial charge in [0.2, 0.25) is 5.91 Å². The van der Waals surface area contributed by atoms with E-state index in [0.29, 0.717) is 19.5 Å². The van der Waals surface area contributed by atoms with Gasteiger partial charge in [-0.2, -0.15) is 0 Å².